The van der Waals surface area contributed by atoms with E-state index in [1.165, 1.54) is 7.11 Å². The second kappa shape index (κ2) is 15.2. The van der Waals surface area contributed by atoms with Gasteiger partial charge in [0.1, 0.15) is 0 Å². The summed E-state index contributed by atoms with van der Waals surface area (Å²) in [5, 5.41) is 9.79. The zero-order valence-corrected chi connectivity index (χ0v) is 22.2. The molecule has 0 aliphatic carbocycles. The molecule has 2 saturated heterocycles. The highest BCUT2D eigenvalue weighted by atomic mass is 35.5. The van der Waals surface area contributed by atoms with Crippen LogP contribution < -0.4 is 16.0 Å². The largest absolute Gasteiger partial charge is 0.453 e. The van der Waals surface area contributed by atoms with Gasteiger partial charge in [-0.05, 0) is 62.8 Å². The van der Waals surface area contributed by atoms with Crippen molar-refractivity contribution in [1.82, 2.24) is 20.9 Å². The number of piperidine rings is 1. The fraction of sp³-hybridized carbons (Fsp3) is 0.692. The number of likely N-dealkylation sites (tertiary alicyclic amines) is 1. The summed E-state index contributed by atoms with van der Waals surface area (Å²) in [4.78, 5) is 26.6. The molecule has 2 heterocycles. The molecule has 0 aromatic heterocycles. The fourth-order valence-corrected chi connectivity index (χ4v) is 5.33. The Kier molecular flexibility index (Phi) is 12.1. The lowest BCUT2D eigenvalue weighted by Gasteiger charge is -2.38. The van der Waals surface area contributed by atoms with Crippen molar-refractivity contribution in [3.63, 3.8) is 0 Å². The molecular weight excluding hydrogens is 484 g/mol. The Hall–Kier alpha value is -2.07. The Bertz CT molecular complexity index is 823. The van der Waals surface area contributed by atoms with E-state index in [1.807, 2.05) is 36.2 Å². The summed E-state index contributed by atoms with van der Waals surface area (Å²) in [6.07, 6.45) is 4.15. The van der Waals surface area contributed by atoms with Crippen molar-refractivity contribution >= 4 is 23.7 Å². The predicted octanol–water partition coefficient (Wildman–Crippen LogP) is 3.58. The molecule has 202 valence electrons. The minimum atomic E-state index is -0.490. The number of carbonyl (C=O) groups is 2. The Morgan fingerprint density at radius 3 is 2.78 bits per heavy atom. The lowest BCUT2D eigenvalue weighted by molar-refractivity contribution is -0.00868. The normalized spacial score (nSPS) is 20.4. The van der Waals surface area contributed by atoms with Gasteiger partial charge in [0.25, 0.3) is 0 Å². The van der Waals surface area contributed by atoms with E-state index in [0.29, 0.717) is 30.6 Å². The van der Waals surface area contributed by atoms with Crippen LogP contribution in [-0.4, -0.2) is 83.2 Å². The number of nitrogens with zero attached hydrogens (tertiary/aromatic N) is 1. The van der Waals surface area contributed by atoms with Gasteiger partial charge in [0.2, 0.25) is 0 Å². The van der Waals surface area contributed by atoms with Gasteiger partial charge in [-0.1, -0.05) is 23.7 Å². The summed E-state index contributed by atoms with van der Waals surface area (Å²) in [6.45, 7) is 4.32. The average Bonchev–Trinajstić information content (AvgIpc) is 2.89. The highest BCUT2D eigenvalue weighted by Crippen LogP contribution is 2.34. The molecule has 2 fully saturated rings. The summed E-state index contributed by atoms with van der Waals surface area (Å²) in [6, 6.07) is 7.71. The van der Waals surface area contributed by atoms with Gasteiger partial charge in [-0.2, -0.15) is 0 Å². The number of amides is 3. The number of methoxy groups -OCH3 is 1. The first-order valence-corrected chi connectivity index (χ1v) is 13.3. The number of likely N-dealkylation sites (N-methyl/N-ethyl adjacent to an activating group) is 1. The third-order valence-electron chi connectivity index (χ3n) is 6.94. The zero-order chi connectivity index (χ0) is 25.8. The predicted molar refractivity (Wildman–Crippen MR) is 139 cm³/mol. The molecule has 2 aliphatic heterocycles. The van der Waals surface area contributed by atoms with Crippen molar-refractivity contribution in [3.8, 4) is 0 Å². The SMILES string of the molecule is CNC[C@H](CC1CCOCC1)NC(=O)N1CCC[C@@H](C(OCCNC(=O)OC)c2cccc(Cl)c2)C1. The van der Waals surface area contributed by atoms with E-state index in [0.717, 1.165) is 64.0 Å². The summed E-state index contributed by atoms with van der Waals surface area (Å²) in [7, 11) is 3.25. The second-order valence-electron chi connectivity index (χ2n) is 9.61. The number of nitrogens with one attached hydrogen (secondary N) is 3. The lowest BCUT2D eigenvalue weighted by Crippen LogP contribution is -2.52. The lowest BCUT2D eigenvalue weighted by atomic mass is 9.88. The van der Waals surface area contributed by atoms with Gasteiger partial charge in [-0.15, -0.1) is 0 Å². The summed E-state index contributed by atoms with van der Waals surface area (Å²) >= 11 is 6.28. The van der Waals surface area contributed by atoms with Crippen LogP contribution in [0, 0.1) is 11.8 Å². The number of halogens is 1. The Balaban J connectivity index is 1.62. The monoisotopic (exact) mass is 524 g/mol. The number of urea groups is 1. The smallest absolute Gasteiger partial charge is 0.406 e. The van der Waals surface area contributed by atoms with E-state index in [-0.39, 0.29) is 24.1 Å². The number of ether oxygens (including phenoxy) is 3. The molecule has 1 aromatic carbocycles. The van der Waals surface area contributed by atoms with Crippen molar-refractivity contribution < 1.29 is 23.8 Å². The van der Waals surface area contributed by atoms with Gasteiger partial charge in [0.15, 0.2) is 0 Å². The van der Waals surface area contributed by atoms with E-state index in [4.69, 9.17) is 21.1 Å². The summed E-state index contributed by atoms with van der Waals surface area (Å²) in [5.41, 5.74) is 0.973. The maximum Gasteiger partial charge on any atom is 0.406 e. The molecule has 9 nitrogen and oxygen atoms in total. The number of carbonyl (C=O) groups excluding carboxylic acids is 2. The molecule has 0 saturated carbocycles. The van der Waals surface area contributed by atoms with Gasteiger partial charge < -0.3 is 35.1 Å². The van der Waals surface area contributed by atoms with Crippen LogP contribution in [0.25, 0.3) is 0 Å². The number of hydrogen-bond acceptors (Lipinski definition) is 6. The fourth-order valence-electron chi connectivity index (χ4n) is 5.13. The molecule has 3 amide bonds. The first kappa shape index (κ1) is 28.5. The maximum absolute atomic E-state index is 13.3. The Labute approximate surface area is 219 Å². The van der Waals surface area contributed by atoms with E-state index in [2.05, 4.69) is 20.7 Å². The third kappa shape index (κ3) is 9.10. The molecule has 3 rings (SSSR count). The van der Waals surface area contributed by atoms with Crippen LogP contribution in [0.4, 0.5) is 9.59 Å². The van der Waals surface area contributed by atoms with E-state index in [9.17, 15) is 9.59 Å². The first-order valence-electron chi connectivity index (χ1n) is 13.0. The van der Waals surface area contributed by atoms with Crippen LogP contribution >= 0.6 is 11.6 Å². The van der Waals surface area contributed by atoms with Crippen LogP contribution in [0.1, 0.15) is 43.8 Å². The molecule has 0 radical (unpaired) electrons. The van der Waals surface area contributed by atoms with E-state index < -0.39 is 6.09 Å². The molecule has 0 spiro atoms. The van der Waals surface area contributed by atoms with Crippen LogP contribution in [0.5, 0.6) is 0 Å². The van der Waals surface area contributed by atoms with Crippen molar-refractivity contribution in [3.05, 3.63) is 34.9 Å². The average molecular weight is 525 g/mol. The highest BCUT2D eigenvalue weighted by molar-refractivity contribution is 6.30. The quantitative estimate of drug-likeness (QED) is 0.382. The van der Waals surface area contributed by atoms with Crippen LogP contribution in [-0.2, 0) is 14.2 Å². The topological polar surface area (TPSA) is 101 Å². The van der Waals surface area contributed by atoms with Gasteiger partial charge in [0, 0.05) is 56.4 Å². The molecule has 1 aromatic rings. The summed E-state index contributed by atoms with van der Waals surface area (Å²) in [5.74, 6) is 0.685. The molecule has 3 atom stereocenters. The van der Waals surface area contributed by atoms with Crippen LogP contribution in [0.3, 0.4) is 0 Å². The Morgan fingerprint density at radius 2 is 2.06 bits per heavy atom. The molecule has 0 bridgehead atoms. The van der Waals surface area contributed by atoms with Gasteiger partial charge in [-0.25, -0.2) is 9.59 Å². The van der Waals surface area contributed by atoms with Crippen LogP contribution in [0.15, 0.2) is 24.3 Å². The number of hydrogen-bond donors (Lipinski definition) is 3. The highest BCUT2D eigenvalue weighted by Gasteiger charge is 2.32. The van der Waals surface area contributed by atoms with Crippen molar-refractivity contribution in [2.45, 2.75) is 44.2 Å². The molecule has 36 heavy (non-hydrogen) atoms. The molecule has 10 heteroatoms. The number of alkyl carbamates (subject to hydrolysis) is 1. The van der Waals surface area contributed by atoms with Gasteiger partial charge in [-0.3, -0.25) is 0 Å². The van der Waals surface area contributed by atoms with Crippen molar-refractivity contribution in [2.24, 2.45) is 11.8 Å². The maximum atomic E-state index is 13.3. The van der Waals surface area contributed by atoms with Crippen molar-refractivity contribution in [1.29, 1.82) is 0 Å². The van der Waals surface area contributed by atoms with Crippen LogP contribution in [0.2, 0.25) is 5.02 Å². The van der Waals surface area contributed by atoms with Gasteiger partial charge >= 0.3 is 12.1 Å². The van der Waals surface area contributed by atoms with E-state index >= 15 is 0 Å². The molecule has 1 unspecified atom stereocenters. The third-order valence-corrected chi connectivity index (χ3v) is 7.18. The zero-order valence-electron chi connectivity index (χ0n) is 21.5. The number of rotatable bonds is 11. The van der Waals surface area contributed by atoms with Gasteiger partial charge in [0.05, 0.1) is 19.8 Å². The molecule has 3 N–H and O–H groups in total. The minimum absolute atomic E-state index is 0.0239. The summed E-state index contributed by atoms with van der Waals surface area (Å²) < 4.78 is 16.4. The molecular formula is C26H41ClN4O5. The van der Waals surface area contributed by atoms with Crippen molar-refractivity contribution in [2.75, 3.05) is 60.2 Å². The Morgan fingerprint density at radius 1 is 1.25 bits per heavy atom. The number of benzene rings is 1. The first-order chi connectivity index (χ1) is 17.5. The standard InChI is InChI=1S/C26H41ClN4O5/c1-28-17-23(15-19-8-12-35-13-9-19)30-25(32)31-11-4-6-21(18-31)24(20-5-3-7-22(27)16-20)36-14-10-29-26(33)34-2/h3,5,7,16,19,21,23-24,28H,4,6,8-15,17-18H2,1-2H3,(H,29,33)(H,30,32)/t21-,23+,24?/m1/s1. The second-order valence-corrected chi connectivity index (χ2v) is 10.0. The molecule has 2 aliphatic rings. The van der Waals surface area contributed by atoms with E-state index in [1.54, 1.807) is 0 Å². The minimum Gasteiger partial charge on any atom is -0.453 e.